The molecule has 2 rings (SSSR count). The first-order chi connectivity index (χ1) is 10.9. The summed E-state index contributed by atoms with van der Waals surface area (Å²) in [5, 5.41) is 15.4. The van der Waals surface area contributed by atoms with Crippen LogP contribution in [0.4, 0.5) is 4.79 Å². The average molecular weight is 316 g/mol. The van der Waals surface area contributed by atoms with Crippen LogP contribution in [-0.2, 0) is 6.54 Å². The summed E-state index contributed by atoms with van der Waals surface area (Å²) >= 11 is 0. The number of urea groups is 1. The van der Waals surface area contributed by atoms with E-state index in [4.69, 9.17) is 0 Å². The first-order valence-electron chi connectivity index (χ1n) is 7.63. The van der Waals surface area contributed by atoms with E-state index in [0.717, 1.165) is 11.3 Å². The standard InChI is InChI=1S/C17H24N4O2/c1-17(2,3)15(22)11-20-16(23)19-10-13-4-6-14(7-5-13)21-9-8-18-12-21/h4-9,12,15,22H,10-11H2,1-3H3,(H2,19,20,23). The minimum atomic E-state index is -0.581. The normalized spacial score (nSPS) is 12.7. The SMILES string of the molecule is CC(C)(C)C(O)CNC(=O)NCc1ccc(-n2ccnc2)cc1. The molecule has 0 aliphatic carbocycles. The summed E-state index contributed by atoms with van der Waals surface area (Å²) in [6.45, 7) is 6.45. The van der Waals surface area contributed by atoms with Crippen molar-refractivity contribution in [3.05, 3.63) is 48.5 Å². The molecule has 1 unspecified atom stereocenters. The van der Waals surface area contributed by atoms with Gasteiger partial charge in [0, 0.05) is 31.2 Å². The van der Waals surface area contributed by atoms with E-state index in [-0.39, 0.29) is 18.0 Å². The minimum Gasteiger partial charge on any atom is -0.391 e. The van der Waals surface area contributed by atoms with Gasteiger partial charge in [0.05, 0.1) is 12.4 Å². The maximum atomic E-state index is 11.8. The number of nitrogens with one attached hydrogen (secondary N) is 2. The van der Waals surface area contributed by atoms with E-state index in [2.05, 4.69) is 15.6 Å². The van der Waals surface area contributed by atoms with Crippen molar-refractivity contribution in [2.24, 2.45) is 5.41 Å². The Morgan fingerprint density at radius 2 is 1.96 bits per heavy atom. The Hall–Kier alpha value is -2.34. The topological polar surface area (TPSA) is 79.2 Å². The molecule has 0 aliphatic rings. The van der Waals surface area contributed by atoms with Crippen LogP contribution in [0.25, 0.3) is 5.69 Å². The van der Waals surface area contributed by atoms with Crippen LogP contribution in [0, 0.1) is 5.41 Å². The molecule has 0 saturated carbocycles. The number of hydrogen-bond donors (Lipinski definition) is 3. The third kappa shape index (κ3) is 5.10. The Kier molecular flexibility index (Phi) is 5.39. The van der Waals surface area contributed by atoms with Crippen LogP contribution < -0.4 is 10.6 Å². The first kappa shape index (κ1) is 17.0. The van der Waals surface area contributed by atoms with Crippen LogP contribution in [0.15, 0.2) is 43.0 Å². The van der Waals surface area contributed by atoms with E-state index in [1.165, 1.54) is 0 Å². The van der Waals surface area contributed by atoms with E-state index in [0.29, 0.717) is 6.54 Å². The van der Waals surface area contributed by atoms with Crippen molar-refractivity contribution in [2.45, 2.75) is 33.4 Å². The van der Waals surface area contributed by atoms with E-state index in [1.54, 1.807) is 12.5 Å². The summed E-state index contributed by atoms with van der Waals surface area (Å²) < 4.78 is 1.91. The predicted octanol–water partition coefficient (Wildman–Crippen LogP) is 2.08. The Morgan fingerprint density at radius 1 is 1.26 bits per heavy atom. The van der Waals surface area contributed by atoms with Gasteiger partial charge in [0.1, 0.15) is 0 Å². The lowest BCUT2D eigenvalue weighted by Crippen LogP contribution is -2.43. The minimum absolute atomic E-state index is 0.231. The number of rotatable bonds is 5. The Labute approximate surface area is 136 Å². The third-order valence-electron chi connectivity index (χ3n) is 3.65. The fourth-order valence-electron chi connectivity index (χ4n) is 1.94. The summed E-state index contributed by atoms with van der Waals surface area (Å²) in [5.74, 6) is 0. The molecule has 6 heteroatoms. The van der Waals surface area contributed by atoms with Gasteiger partial charge in [0.25, 0.3) is 0 Å². The van der Waals surface area contributed by atoms with Crippen molar-refractivity contribution in [2.75, 3.05) is 6.54 Å². The molecule has 0 aliphatic heterocycles. The highest BCUT2D eigenvalue weighted by molar-refractivity contribution is 5.73. The lowest BCUT2D eigenvalue weighted by molar-refractivity contribution is 0.0650. The van der Waals surface area contributed by atoms with Gasteiger partial charge in [-0.3, -0.25) is 0 Å². The molecule has 3 N–H and O–H groups in total. The largest absolute Gasteiger partial charge is 0.391 e. The van der Waals surface area contributed by atoms with Gasteiger partial charge >= 0.3 is 6.03 Å². The highest BCUT2D eigenvalue weighted by Crippen LogP contribution is 2.18. The number of hydrogen-bond acceptors (Lipinski definition) is 3. The molecule has 1 heterocycles. The lowest BCUT2D eigenvalue weighted by atomic mass is 9.89. The van der Waals surface area contributed by atoms with Crippen molar-refractivity contribution in [1.82, 2.24) is 20.2 Å². The van der Waals surface area contributed by atoms with Gasteiger partial charge < -0.3 is 20.3 Å². The summed E-state index contributed by atoms with van der Waals surface area (Å²) in [6.07, 6.45) is 4.76. The second kappa shape index (κ2) is 7.28. The number of aliphatic hydroxyl groups is 1. The Morgan fingerprint density at radius 3 is 2.52 bits per heavy atom. The summed E-state index contributed by atoms with van der Waals surface area (Å²) in [7, 11) is 0. The molecular formula is C17H24N4O2. The number of nitrogens with zero attached hydrogens (tertiary/aromatic N) is 2. The molecule has 2 amide bonds. The van der Waals surface area contributed by atoms with Gasteiger partial charge in [-0.05, 0) is 23.1 Å². The summed E-state index contributed by atoms with van der Waals surface area (Å²) in [6, 6.07) is 7.58. The number of imidazole rings is 1. The van der Waals surface area contributed by atoms with Crippen LogP contribution >= 0.6 is 0 Å². The summed E-state index contributed by atoms with van der Waals surface area (Å²) in [5.41, 5.74) is 1.76. The highest BCUT2D eigenvalue weighted by atomic mass is 16.3. The molecule has 0 radical (unpaired) electrons. The van der Waals surface area contributed by atoms with Gasteiger partial charge in [0.15, 0.2) is 0 Å². The second-order valence-electron chi connectivity index (χ2n) is 6.58. The molecule has 0 bridgehead atoms. The zero-order chi connectivity index (χ0) is 16.9. The quantitative estimate of drug-likeness (QED) is 0.790. The maximum absolute atomic E-state index is 11.8. The van der Waals surface area contributed by atoms with Crippen molar-refractivity contribution < 1.29 is 9.90 Å². The van der Waals surface area contributed by atoms with Crippen LogP contribution in [0.2, 0.25) is 0 Å². The molecule has 124 valence electrons. The monoisotopic (exact) mass is 316 g/mol. The molecular weight excluding hydrogens is 292 g/mol. The third-order valence-corrected chi connectivity index (χ3v) is 3.65. The number of amides is 2. The molecule has 23 heavy (non-hydrogen) atoms. The van der Waals surface area contributed by atoms with Gasteiger partial charge in [-0.2, -0.15) is 0 Å². The van der Waals surface area contributed by atoms with Crippen LogP contribution in [0.1, 0.15) is 26.3 Å². The number of aromatic nitrogens is 2. The average Bonchev–Trinajstić information content (AvgIpc) is 3.04. The fraction of sp³-hybridized carbons (Fsp3) is 0.412. The molecule has 0 spiro atoms. The van der Waals surface area contributed by atoms with Gasteiger partial charge in [-0.25, -0.2) is 9.78 Å². The van der Waals surface area contributed by atoms with Gasteiger partial charge in [-0.15, -0.1) is 0 Å². The number of aliphatic hydroxyl groups excluding tert-OH is 1. The molecule has 0 saturated heterocycles. The molecule has 1 aromatic carbocycles. The van der Waals surface area contributed by atoms with E-state index < -0.39 is 6.10 Å². The van der Waals surface area contributed by atoms with Gasteiger partial charge in [-0.1, -0.05) is 32.9 Å². The first-order valence-corrected chi connectivity index (χ1v) is 7.63. The van der Waals surface area contributed by atoms with E-state index in [1.807, 2.05) is 55.8 Å². The number of benzene rings is 1. The number of carbonyl (C=O) groups excluding carboxylic acids is 1. The maximum Gasteiger partial charge on any atom is 0.315 e. The fourth-order valence-corrected chi connectivity index (χ4v) is 1.94. The second-order valence-corrected chi connectivity index (χ2v) is 6.58. The van der Waals surface area contributed by atoms with Crippen LogP contribution in [-0.4, -0.2) is 33.3 Å². The van der Waals surface area contributed by atoms with Crippen molar-refractivity contribution >= 4 is 6.03 Å². The Bertz CT molecular complexity index is 615. The lowest BCUT2D eigenvalue weighted by Gasteiger charge is -2.25. The molecule has 2 aromatic rings. The number of carbonyl (C=O) groups is 1. The Balaban J connectivity index is 1.78. The van der Waals surface area contributed by atoms with Crippen molar-refractivity contribution in [3.8, 4) is 5.69 Å². The highest BCUT2D eigenvalue weighted by Gasteiger charge is 2.22. The molecule has 1 aromatic heterocycles. The molecule has 0 fully saturated rings. The van der Waals surface area contributed by atoms with Crippen molar-refractivity contribution in [3.63, 3.8) is 0 Å². The smallest absolute Gasteiger partial charge is 0.315 e. The van der Waals surface area contributed by atoms with Crippen molar-refractivity contribution in [1.29, 1.82) is 0 Å². The summed E-state index contributed by atoms with van der Waals surface area (Å²) in [4.78, 5) is 15.8. The predicted molar refractivity (Wildman–Crippen MR) is 89.3 cm³/mol. The van der Waals surface area contributed by atoms with E-state index in [9.17, 15) is 9.90 Å². The zero-order valence-corrected chi connectivity index (χ0v) is 13.8. The van der Waals surface area contributed by atoms with Crippen LogP contribution in [0.3, 0.4) is 0 Å². The molecule has 6 nitrogen and oxygen atoms in total. The zero-order valence-electron chi connectivity index (χ0n) is 13.8. The van der Waals surface area contributed by atoms with E-state index >= 15 is 0 Å². The van der Waals surface area contributed by atoms with Gasteiger partial charge in [0.2, 0.25) is 0 Å². The molecule has 1 atom stereocenters. The van der Waals surface area contributed by atoms with Crippen LogP contribution in [0.5, 0.6) is 0 Å².